The summed E-state index contributed by atoms with van der Waals surface area (Å²) in [4.78, 5) is 31.0. The summed E-state index contributed by atoms with van der Waals surface area (Å²) in [5.41, 5.74) is 7.02. The highest BCUT2D eigenvalue weighted by molar-refractivity contribution is 9.10. The van der Waals surface area contributed by atoms with Gasteiger partial charge in [-0.3, -0.25) is 4.79 Å². The molecule has 1 amide bonds. The van der Waals surface area contributed by atoms with Gasteiger partial charge >= 0.3 is 5.97 Å². The first-order valence-corrected chi connectivity index (χ1v) is 7.06. The molecule has 1 heterocycles. The second-order valence-corrected chi connectivity index (χ2v) is 5.23. The number of aryl methyl sites for hydroxylation is 1. The van der Waals surface area contributed by atoms with Gasteiger partial charge in [0.2, 0.25) is 0 Å². The van der Waals surface area contributed by atoms with Gasteiger partial charge in [0.05, 0.1) is 0 Å². The standard InChI is InChI=1S/C14H13BrN4O3/c1-8-2-3-9(6-10(8)15)19-11(20)7-22-14(21)12-13(16)18-5-4-17-12/h2-6H,7H2,1H3,(H2,16,18)(H,19,20). The van der Waals surface area contributed by atoms with E-state index in [1.54, 1.807) is 12.1 Å². The number of anilines is 2. The number of nitrogens with two attached hydrogens (primary N) is 1. The molecule has 0 aliphatic carbocycles. The summed E-state index contributed by atoms with van der Waals surface area (Å²) in [7, 11) is 0. The maximum absolute atomic E-state index is 11.8. The average Bonchev–Trinajstić information content (AvgIpc) is 2.49. The van der Waals surface area contributed by atoms with Crippen molar-refractivity contribution in [1.29, 1.82) is 0 Å². The average molecular weight is 365 g/mol. The van der Waals surface area contributed by atoms with E-state index in [-0.39, 0.29) is 11.5 Å². The molecule has 1 aromatic carbocycles. The number of nitrogen functional groups attached to an aromatic ring is 1. The highest BCUT2D eigenvalue weighted by Gasteiger charge is 2.15. The van der Waals surface area contributed by atoms with Gasteiger partial charge in [0, 0.05) is 22.6 Å². The Morgan fingerprint density at radius 3 is 2.73 bits per heavy atom. The highest BCUT2D eigenvalue weighted by Crippen LogP contribution is 2.20. The Labute approximate surface area is 135 Å². The van der Waals surface area contributed by atoms with Crippen molar-refractivity contribution in [2.45, 2.75) is 6.92 Å². The summed E-state index contributed by atoms with van der Waals surface area (Å²) in [5, 5.41) is 2.62. The molecule has 114 valence electrons. The number of esters is 1. The molecule has 0 saturated carbocycles. The Hall–Kier alpha value is -2.48. The van der Waals surface area contributed by atoms with Gasteiger partial charge in [-0.05, 0) is 24.6 Å². The summed E-state index contributed by atoms with van der Waals surface area (Å²) in [6.07, 6.45) is 2.67. The molecule has 0 radical (unpaired) electrons. The third-order valence-electron chi connectivity index (χ3n) is 2.71. The minimum atomic E-state index is -0.800. The lowest BCUT2D eigenvalue weighted by molar-refractivity contribution is -0.119. The Morgan fingerprint density at radius 1 is 1.32 bits per heavy atom. The van der Waals surface area contributed by atoms with Crippen LogP contribution in [0.5, 0.6) is 0 Å². The second-order valence-electron chi connectivity index (χ2n) is 4.38. The van der Waals surface area contributed by atoms with E-state index >= 15 is 0 Å². The number of nitrogens with one attached hydrogen (secondary N) is 1. The number of carbonyl (C=O) groups is 2. The van der Waals surface area contributed by atoms with E-state index in [2.05, 4.69) is 31.2 Å². The fraction of sp³-hybridized carbons (Fsp3) is 0.143. The van der Waals surface area contributed by atoms with Gasteiger partial charge in [-0.25, -0.2) is 14.8 Å². The third kappa shape index (κ3) is 4.01. The summed E-state index contributed by atoms with van der Waals surface area (Å²) < 4.78 is 5.72. The van der Waals surface area contributed by atoms with Crippen molar-refractivity contribution in [3.63, 3.8) is 0 Å². The Kier molecular flexibility index (Phi) is 5.05. The summed E-state index contributed by atoms with van der Waals surface area (Å²) in [5.74, 6) is -1.31. The molecule has 1 aromatic heterocycles. The Balaban J connectivity index is 1.91. The monoisotopic (exact) mass is 364 g/mol. The van der Waals surface area contributed by atoms with Crippen LogP contribution in [-0.2, 0) is 9.53 Å². The molecule has 0 atom stereocenters. The minimum absolute atomic E-state index is 0.0460. The second kappa shape index (κ2) is 6.99. The van der Waals surface area contributed by atoms with Crippen molar-refractivity contribution in [3.8, 4) is 0 Å². The molecule has 0 aliphatic heterocycles. The molecule has 3 N–H and O–H groups in total. The van der Waals surface area contributed by atoms with Crippen LogP contribution in [0.4, 0.5) is 11.5 Å². The van der Waals surface area contributed by atoms with E-state index in [1.165, 1.54) is 12.4 Å². The van der Waals surface area contributed by atoms with Crippen LogP contribution in [0, 0.1) is 6.92 Å². The van der Waals surface area contributed by atoms with E-state index in [1.807, 2.05) is 13.0 Å². The van der Waals surface area contributed by atoms with Gasteiger partial charge in [-0.1, -0.05) is 22.0 Å². The predicted octanol–water partition coefficient (Wildman–Crippen LogP) is 1.93. The number of ether oxygens (including phenoxy) is 1. The number of hydrogen-bond donors (Lipinski definition) is 2. The molecular weight excluding hydrogens is 352 g/mol. The summed E-state index contributed by atoms with van der Waals surface area (Å²) in [6.45, 7) is 1.49. The third-order valence-corrected chi connectivity index (χ3v) is 3.56. The number of aromatic nitrogens is 2. The maximum Gasteiger partial charge on any atom is 0.361 e. The predicted molar refractivity (Wildman–Crippen MR) is 84.2 cm³/mol. The van der Waals surface area contributed by atoms with Crippen molar-refractivity contribution in [2.24, 2.45) is 0 Å². The maximum atomic E-state index is 11.8. The van der Waals surface area contributed by atoms with Crippen LogP contribution in [0.1, 0.15) is 16.1 Å². The fourth-order valence-electron chi connectivity index (χ4n) is 1.57. The van der Waals surface area contributed by atoms with E-state index in [4.69, 9.17) is 10.5 Å². The van der Waals surface area contributed by atoms with Gasteiger partial charge in [0.1, 0.15) is 0 Å². The van der Waals surface area contributed by atoms with Crippen molar-refractivity contribution < 1.29 is 14.3 Å². The molecule has 0 bridgehead atoms. The van der Waals surface area contributed by atoms with Crippen LogP contribution >= 0.6 is 15.9 Å². The fourth-order valence-corrected chi connectivity index (χ4v) is 1.95. The van der Waals surface area contributed by atoms with Crippen LogP contribution in [0.3, 0.4) is 0 Å². The zero-order valence-electron chi connectivity index (χ0n) is 11.7. The zero-order chi connectivity index (χ0) is 16.1. The lowest BCUT2D eigenvalue weighted by Gasteiger charge is -2.08. The molecule has 7 nitrogen and oxygen atoms in total. The van der Waals surface area contributed by atoms with E-state index in [0.29, 0.717) is 5.69 Å². The largest absolute Gasteiger partial charge is 0.451 e. The molecule has 0 spiro atoms. The lowest BCUT2D eigenvalue weighted by atomic mass is 10.2. The lowest BCUT2D eigenvalue weighted by Crippen LogP contribution is -2.22. The number of nitrogens with zero attached hydrogens (tertiary/aromatic N) is 2. The first-order valence-electron chi connectivity index (χ1n) is 6.27. The first-order chi connectivity index (χ1) is 10.5. The van der Waals surface area contributed by atoms with Crippen molar-refractivity contribution in [1.82, 2.24) is 9.97 Å². The summed E-state index contributed by atoms with van der Waals surface area (Å²) in [6, 6.07) is 5.36. The number of amides is 1. The minimum Gasteiger partial charge on any atom is -0.451 e. The van der Waals surface area contributed by atoms with Crippen molar-refractivity contribution >= 4 is 39.3 Å². The van der Waals surface area contributed by atoms with Crippen LogP contribution < -0.4 is 11.1 Å². The van der Waals surface area contributed by atoms with Crippen LogP contribution in [0.2, 0.25) is 0 Å². The topological polar surface area (TPSA) is 107 Å². The van der Waals surface area contributed by atoms with Gasteiger partial charge in [-0.2, -0.15) is 0 Å². The van der Waals surface area contributed by atoms with E-state index < -0.39 is 18.5 Å². The highest BCUT2D eigenvalue weighted by atomic mass is 79.9. The molecule has 2 rings (SSSR count). The van der Waals surface area contributed by atoms with Gasteiger partial charge in [0.25, 0.3) is 5.91 Å². The molecule has 2 aromatic rings. The van der Waals surface area contributed by atoms with Gasteiger partial charge in [0.15, 0.2) is 18.1 Å². The number of hydrogen-bond acceptors (Lipinski definition) is 6. The zero-order valence-corrected chi connectivity index (χ0v) is 13.3. The van der Waals surface area contributed by atoms with E-state index in [9.17, 15) is 9.59 Å². The first kappa shape index (κ1) is 15.9. The van der Waals surface area contributed by atoms with Crippen LogP contribution in [0.15, 0.2) is 35.1 Å². The number of carbonyl (C=O) groups excluding carboxylic acids is 2. The van der Waals surface area contributed by atoms with Crippen LogP contribution in [0.25, 0.3) is 0 Å². The molecule has 22 heavy (non-hydrogen) atoms. The molecule has 8 heteroatoms. The van der Waals surface area contributed by atoms with Crippen molar-refractivity contribution in [3.05, 3.63) is 46.3 Å². The molecule has 0 aliphatic rings. The van der Waals surface area contributed by atoms with Gasteiger partial charge < -0.3 is 15.8 Å². The molecule has 0 saturated heterocycles. The quantitative estimate of drug-likeness (QED) is 0.802. The Morgan fingerprint density at radius 2 is 2.05 bits per heavy atom. The molecular formula is C14H13BrN4O3. The SMILES string of the molecule is Cc1ccc(NC(=O)COC(=O)c2nccnc2N)cc1Br. The number of benzene rings is 1. The smallest absolute Gasteiger partial charge is 0.361 e. The molecule has 0 unspecified atom stereocenters. The molecule has 0 fully saturated rings. The number of halogens is 1. The van der Waals surface area contributed by atoms with Crippen molar-refractivity contribution in [2.75, 3.05) is 17.7 Å². The Bertz CT molecular complexity index is 721. The normalized spacial score (nSPS) is 10.1. The summed E-state index contributed by atoms with van der Waals surface area (Å²) >= 11 is 3.37. The van der Waals surface area contributed by atoms with Gasteiger partial charge in [-0.15, -0.1) is 0 Å². The number of rotatable bonds is 4. The van der Waals surface area contributed by atoms with Crippen LogP contribution in [-0.4, -0.2) is 28.5 Å². The van der Waals surface area contributed by atoms with E-state index in [0.717, 1.165) is 10.0 Å².